The van der Waals surface area contributed by atoms with Crippen molar-refractivity contribution >= 4 is 5.65 Å². The van der Waals surface area contributed by atoms with Crippen LogP contribution in [0.25, 0.3) is 5.65 Å². The highest BCUT2D eigenvalue weighted by Gasteiger charge is 2.10. The molecule has 0 bridgehead atoms. The Morgan fingerprint density at radius 3 is 2.78 bits per heavy atom. The van der Waals surface area contributed by atoms with Gasteiger partial charge in [-0.2, -0.15) is 0 Å². The second kappa shape index (κ2) is 4.98. The van der Waals surface area contributed by atoms with E-state index in [1.807, 2.05) is 12.3 Å². The minimum atomic E-state index is 0.0352. The summed E-state index contributed by atoms with van der Waals surface area (Å²) >= 11 is 0. The predicted molar refractivity (Wildman–Crippen MR) is 72.0 cm³/mol. The molecule has 0 aromatic carbocycles. The van der Waals surface area contributed by atoms with Gasteiger partial charge in [-0.25, -0.2) is 0 Å². The summed E-state index contributed by atoms with van der Waals surface area (Å²) in [7, 11) is 0. The molecular weight excluding hydrogens is 226 g/mol. The van der Waals surface area contributed by atoms with E-state index in [9.17, 15) is 4.79 Å². The van der Waals surface area contributed by atoms with E-state index in [1.54, 1.807) is 16.5 Å². The maximum atomic E-state index is 11.6. The summed E-state index contributed by atoms with van der Waals surface area (Å²) in [5.41, 5.74) is 2.06. The highest BCUT2D eigenvalue weighted by Crippen LogP contribution is 2.10. The average molecular weight is 245 g/mol. The number of likely N-dealkylation sites (tertiary alicyclic amines) is 1. The zero-order chi connectivity index (χ0) is 12.4. The Bertz CT molecular complexity index is 578. The lowest BCUT2D eigenvalue weighted by atomic mass is 10.1. The van der Waals surface area contributed by atoms with Crippen LogP contribution in [-0.4, -0.2) is 33.9 Å². The third-order valence-corrected chi connectivity index (χ3v) is 3.71. The monoisotopic (exact) mass is 245 g/mol. The quantitative estimate of drug-likeness (QED) is 0.893. The average Bonchev–Trinajstić information content (AvgIpc) is 2.82. The van der Waals surface area contributed by atoms with Crippen molar-refractivity contribution in [2.75, 3.05) is 19.6 Å². The number of rotatable bonds is 3. The molecule has 2 aromatic rings. The van der Waals surface area contributed by atoms with Crippen LogP contribution >= 0.6 is 0 Å². The number of nitrogens with zero attached hydrogens (tertiary/aromatic N) is 2. The van der Waals surface area contributed by atoms with Crippen LogP contribution in [-0.2, 0) is 6.42 Å². The number of fused-ring (bicyclic) bond motifs is 1. The minimum Gasteiger partial charge on any atom is -0.343 e. The number of nitrogens with one attached hydrogen (secondary N) is 1. The van der Waals surface area contributed by atoms with E-state index < -0.39 is 0 Å². The Morgan fingerprint density at radius 2 is 2.00 bits per heavy atom. The first-order valence-electron chi connectivity index (χ1n) is 6.74. The number of hydrogen-bond donors (Lipinski definition) is 1. The lowest BCUT2D eigenvalue weighted by Gasteiger charge is -2.25. The molecule has 0 unspecified atom stereocenters. The molecule has 4 nitrogen and oxygen atoms in total. The van der Waals surface area contributed by atoms with Gasteiger partial charge < -0.3 is 9.88 Å². The van der Waals surface area contributed by atoms with E-state index in [4.69, 9.17) is 0 Å². The molecule has 18 heavy (non-hydrogen) atoms. The number of aromatic nitrogens is 2. The first-order chi connectivity index (χ1) is 8.83. The molecule has 1 aliphatic rings. The molecule has 1 N–H and O–H groups in total. The van der Waals surface area contributed by atoms with Crippen LogP contribution in [0.2, 0.25) is 0 Å². The number of piperidine rings is 1. The summed E-state index contributed by atoms with van der Waals surface area (Å²) in [5, 5.41) is 0. The maximum absolute atomic E-state index is 11.6. The molecule has 0 amide bonds. The molecule has 0 aliphatic carbocycles. The van der Waals surface area contributed by atoms with E-state index >= 15 is 0 Å². The molecular formula is C14H19N3O. The number of aromatic amines is 1. The van der Waals surface area contributed by atoms with Crippen LogP contribution in [0.3, 0.4) is 0 Å². The number of H-pyrrole nitrogens is 1. The van der Waals surface area contributed by atoms with Gasteiger partial charge in [-0.15, -0.1) is 0 Å². The number of pyridine rings is 1. The molecule has 4 heteroatoms. The van der Waals surface area contributed by atoms with Crippen LogP contribution in [0, 0.1) is 0 Å². The van der Waals surface area contributed by atoms with E-state index in [0.717, 1.165) is 24.3 Å². The van der Waals surface area contributed by atoms with Crippen molar-refractivity contribution in [3.63, 3.8) is 0 Å². The van der Waals surface area contributed by atoms with E-state index in [0.29, 0.717) is 0 Å². The van der Waals surface area contributed by atoms with Crippen molar-refractivity contribution < 1.29 is 0 Å². The molecule has 96 valence electrons. The second-order valence-corrected chi connectivity index (χ2v) is 5.05. The smallest absolute Gasteiger partial charge is 0.256 e. The predicted octanol–water partition coefficient (Wildman–Crippen LogP) is 1.66. The van der Waals surface area contributed by atoms with Crippen molar-refractivity contribution in [3.8, 4) is 0 Å². The summed E-state index contributed by atoms with van der Waals surface area (Å²) in [6.07, 6.45) is 6.94. The molecule has 0 radical (unpaired) electrons. The summed E-state index contributed by atoms with van der Waals surface area (Å²) in [6.45, 7) is 3.53. The highest BCUT2D eigenvalue weighted by molar-refractivity contribution is 5.39. The van der Waals surface area contributed by atoms with Gasteiger partial charge >= 0.3 is 0 Å². The van der Waals surface area contributed by atoms with Crippen molar-refractivity contribution in [1.29, 1.82) is 0 Å². The molecule has 1 fully saturated rings. The van der Waals surface area contributed by atoms with Gasteiger partial charge in [-0.05, 0) is 32.0 Å². The van der Waals surface area contributed by atoms with Gasteiger partial charge in [0.05, 0.1) is 0 Å². The summed E-state index contributed by atoms with van der Waals surface area (Å²) < 4.78 is 1.69. The Balaban J connectivity index is 1.71. The largest absolute Gasteiger partial charge is 0.343 e. The first-order valence-corrected chi connectivity index (χ1v) is 6.74. The van der Waals surface area contributed by atoms with Crippen LogP contribution in [0.1, 0.15) is 25.0 Å². The summed E-state index contributed by atoms with van der Waals surface area (Å²) in [6, 6.07) is 5.32. The lowest BCUT2D eigenvalue weighted by Crippen LogP contribution is -2.31. The second-order valence-electron chi connectivity index (χ2n) is 5.05. The minimum absolute atomic E-state index is 0.0352. The zero-order valence-corrected chi connectivity index (χ0v) is 10.6. The third-order valence-electron chi connectivity index (χ3n) is 3.71. The van der Waals surface area contributed by atoms with Crippen LogP contribution in [0.5, 0.6) is 0 Å². The normalized spacial score (nSPS) is 17.3. The first kappa shape index (κ1) is 11.5. The van der Waals surface area contributed by atoms with Crippen molar-refractivity contribution in [2.24, 2.45) is 0 Å². The Hall–Kier alpha value is -1.55. The van der Waals surface area contributed by atoms with Crippen LogP contribution in [0.15, 0.2) is 29.2 Å². The molecule has 3 heterocycles. The summed E-state index contributed by atoms with van der Waals surface area (Å²) in [4.78, 5) is 17.5. The Labute approximate surface area is 106 Å². The molecule has 2 aromatic heterocycles. The molecule has 0 spiro atoms. The van der Waals surface area contributed by atoms with Gasteiger partial charge in [-0.1, -0.05) is 12.5 Å². The fourth-order valence-corrected chi connectivity index (χ4v) is 2.68. The van der Waals surface area contributed by atoms with Gasteiger partial charge in [0.1, 0.15) is 5.65 Å². The number of imidazole rings is 1. The molecule has 0 saturated carbocycles. The van der Waals surface area contributed by atoms with Crippen molar-refractivity contribution in [1.82, 2.24) is 14.3 Å². The van der Waals surface area contributed by atoms with Crippen molar-refractivity contribution in [3.05, 3.63) is 40.4 Å². The van der Waals surface area contributed by atoms with E-state index in [-0.39, 0.29) is 5.56 Å². The number of hydrogen-bond acceptors (Lipinski definition) is 2. The maximum Gasteiger partial charge on any atom is 0.256 e. The van der Waals surface area contributed by atoms with Gasteiger partial charge in [0.15, 0.2) is 0 Å². The van der Waals surface area contributed by atoms with E-state index in [2.05, 4.69) is 9.88 Å². The highest BCUT2D eigenvalue weighted by atomic mass is 16.1. The summed E-state index contributed by atoms with van der Waals surface area (Å²) in [5.74, 6) is 0. The van der Waals surface area contributed by atoms with Crippen molar-refractivity contribution in [2.45, 2.75) is 25.7 Å². The SMILES string of the molecule is O=c1cccc2[nH]c(CCN3CCCCC3)cn12. The van der Waals surface area contributed by atoms with E-state index in [1.165, 1.54) is 32.4 Å². The van der Waals surface area contributed by atoms with Gasteiger partial charge in [0.25, 0.3) is 5.56 Å². The van der Waals surface area contributed by atoms with Crippen LogP contribution in [0.4, 0.5) is 0 Å². The third kappa shape index (κ3) is 2.34. The molecule has 1 saturated heterocycles. The lowest BCUT2D eigenvalue weighted by molar-refractivity contribution is 0.231. The van der Waals surface area contributed by atoms with Gasteiger partial charge in [-0.3, -0.25) is 9.20 Å². The molecule has 3 rings (SSSR count). The van der Waals surface area contributed by atoms with Crippen LogP contribution < -0.4 is 5.56 Å². The molecule has 0 atom stereocenters. The molecule has 1 aliphatic heterocycles. The Kier molecular flexibility index (Phi) is 3.19. The van der Waals surface area contributed by atoms with Gasteiger partial charge in [0.2, 0.25) is 0 Å². The fourth-order valence-electron chi connectivity index (χ4n) is 2.68. The Morgan fingerprint density at radius 1 is 1.17 bits per heavy atom. The zero-order valence-electron chi connectivity index (χ0n) is 10.6. The standard InChI is InChI=1S/C14H19N3O/c18-14-6-4-5-13-15-12(11-17(13)14)7-10-16-8-2-1-3-9-16/h4-6,11,15H,1-3,7-10H2. The topological polar surface area (TPSA) is 40.5 Å². The van der Waals surface area contributed by atoms with Gasteiger partial charge in [0, 0.05) is 30.9 Å². The fraction of sp³-hybridized carbons (Fsp3) is 0.500.